The van der Waals surface area contributed by atoms with Crippen molar-refractivity contribution in [3.8, 4) is 0 Å². The molecule has 0 aromatic heterocycles. The third kappa shape index (κ3) is 4.85. The molecule has 0 radical (unpaired) electrons. The number of carbonyl (C=O) groups is 2. The van der Waals surface area contributed by atoms with Gasteiger partial charge in [0.25, 0.3) is 11.6 Å². The minimum absolute atomic E-state index is 0.0818. The first-order valence-electron chi connectivity index (χ1n) is 9.31. The lowest BCUT2D eigenvalue weighted by Gasteiger charge is -2.22. The number of hydrogen-bond donors (Lipinski definition) is 1. The first-order chi connectivity index (χ1) is 14.3. The molecule has 30 heavy (non-hydrogen) atoms. The number of hydrogen-bond acceptors (Lipinski definition) is 4. The van der Waals surface area contributed by atoms with E-state index in [2.05, 4.69) is 5.32 Å². The van der Waals surface area contributed by atoms with Crippen LogP contribution in [0.1, 0.15) is 22.3 Å². The summed E-state index contributed by atoms with van der Waals surface area (Å²) in [4.78, 5) is 38.8. The van der Waals surface area contributed by atoms with Crippen LogP contribution in [-0.4, -0.2) is 52.8 Å². The summed E-state index contributed by atoms with van der Waals surface area (Å²) < 4.78 is 14.1. The van der Waals surface area contributed by atoms with Crippen LogP contribution in [0.3, 0.4) is 0 Å². The molecule has 1 aliphatic heterocycles. The Labute approximate surface area is 177 Å². The summed E-state index contributed by atoms with van der Waals surface area (Å²) in [5.41, 5.74) is -0.0688. The number of carbonyl (C=O) groups excluding carboxylic acids is 2. The van der Waals surface area contributed by atoms with E-state index >= 15 is 0 Å². The number of nitro groups is 1. The van der Waals surface area contributed by atoms with Crippen molar-refractivity contribution in [2.45, 2.75) is 13.3 Å². The number of nitrogens with one attached hydrogen (secondary N) is 1. The van der Waals surface area contributed by atoms with E-state index in [-0.39, 0.29) is 30.2 Å². The Morgan fingerprint density at radius 3 is 2.53 bits per heavy atom. The average molecular weight is 435 g/mol. The van der Waals surface area contributed by atoms with Gasteiger partial charge in [0.15, 0.2) is 0 Å². The molecule has 1 N–H and O–H groups in total. The van der Waals surface area contributed by atoms with E-state index < -0.39 is 22.3 Å². The fourth-order valence-corrected chi connectivity index (χ4v) is 3.44. The molecular formula is C20H20ClFN4O4. The molecule has 3 rings (SSSR count). The predicted octanol–water partition coefficient (Wildman–Crippen LogP) is 4.08. The molecule has 2 aromatic rings. The maximum absolute atomic E-state index is 14.1. The van der Waals surface area contributed by atoms with E-state index in [0.717, 1.165) is 12.1 Å². The Balaban J connectivity index is 1.68. The molecule has 0 atom stereocenters. The molecule has 1 saturated heterocycles. The fourth-order valence-electron chi connectivity index (χ4n) is 3.25. The molecule has 1 fully saturated rings. The number of benzene rings is 2. The lowest BCUT2D eigenvalue weighted by Crippen LogP contribution is -2.39. The van der Waals surface area contributed by atoms with Gasteiger partial charge in [0, 0.05) is 48.5 Å². The molecular weight excluding hydrogens is 415 g/mol. The minimum Gasteiger partial charge on any atom is -0.337 e. The van der Waals surface area contributed by atoms with Crippen molar-refractivity contribution in [2.24, 2.45) is 0 Å². The fraction of sp³-hybridized carbons (Fsp3) is 0.300. The molecule has 0 unspecified atom stereocenters. The Kier molecular flexibility index (Phi) is 6.51. The zero-order chi connectivity index (χ0) is 21.8. The summed E-state index contributed by atoms with van der Waals surface area (Å²) in [5, 5.41) is 14.4. The van der Waals surface area contributed by atoms with Gasteiger partial charge < -0.3 is 15.1 Å². The van der Waals surface area contributed by atoms with Gasteiger partial charge in [-0.25, -0.2) is 9.18 Å². The van der Waals surface area contributed by atoms with E-state index in [0.29, 0.717) is 30.2 Å². The summed E-state index contributed by atoms with van der Waals surface area (Å²) in [6, 6.07) is 8.56. The first kappa shape index (κ1) is 21.5. The normalized spacial score (nSPS) is 14.2. The predicted molar refractivity (Wildman–Crippen MR) is 110 cm³/mol. The maximum atomic E-state index is 14.1. The number of rotatable bonds is 3. The van der Waals surface area contributed by atoms with Gasteiger partial charge in [-0.1, -0.05) is 17.7 Å². The molecule has 3 amide bonds. The number of nitrogens with zero attached hydrogens (tertiary/aromatic N) is 3. The lowest BCUT2D eigenvalue weighted by atomic mass is 10.1. The van der Waals surface area contributed by atoms with Crippen LogP contribution in [-0.2, 0) is 0 Å². The molecule has 1 aliphatic rings. The topological polar surface area (TPSA) is 95.8 Å². The van der Waals surface area contributed by atoms with Crippen LogP contribution in [0.4, 0.5) is 20.6 Å². The first-order valence-corrected chi connectivity index (χ1v) is 9.69. The van der Waals surface area contributed by atoms with Crippen LogP contribution in [0.2, 0.25) is 5.02 Å². The summed E-state index contributed by atoms with van der Waals surface area (Å²) >= 11 is 5.93. The summed E-state index contributed by atoms with van der Waals surface area (Å²) in [6.45, 7) is 2.57. The van der Waals surface area contributed by atoms with E-state index in [9.17, 15) is 24.1 Å². The number of anilines is 1. The van der Waals surface area contributed by atoms with Crippen molar-refractivity contribution < 1.29 is 18.9 Å². The second-order valence-electron chi connectivity index (χ2n) is 6.93. The summed E-state index contributed by atoms with van der Waals surface area (Å²) in [6.07, 6.45) is 0.519. The highest BCUT2D eigenvalue weighted by atomic mass is 35.5. The third-order valence-electron chi connectivity index (χ3n) is 4.91. The van der Waals surface area contributed by atoms with Crippen LogP contribution in [0.15, 0.2) is 36.4 Å². The van der Waals surface area contributed by atoms with E-state index in [4.69, 9.17) is 11.6 Å². The van der Waals surface area contributed by atoms with Gasteiger partial charge in [-0.2, -0.15) is 0 Å². The van der Waals surface area contributed by atoms with E-state index in [1.807, 2.05) is 0 Å². The Morgan fingerprint density at radius 2 is 1.83 bits per heavy atom. The number of nitro benzene ring substituents is 1. The van der Waals surface area contributed by atoms with Crippen LogP contribution in [0.5, 0.6) is 0 Å². The quantitative estimate of drug-likeness (QED) is 0.581. The van der Waals surface area contributed by atoms with Gasteiger partial charge in [0.05, 0.1) is 10.5 Å². The molecule has 0 aliphatic carbocycles. The second kappa shape index (κ2) is 9.08. The van der Waals surface area contributed by atoms with Crippen molar-refractivity contribution in [2.75, 3.05) is 31.5 Å². The van der Waals surface area contributed by atoms with Gasteiger partial charge in [-0.05, 0) is 37.6 Å². The Bertz CT molecular complexity index is 1000. The van der Waals surface area contributed by atoms with Gasteiger partial charge in [-0.3, -0.25) is 14.9 Å². The van der Waals surface area contributed by atoms with Crippen molar-refractivity contribution in [3.05, 3.63) is 68.5 Å². The lowest BCUT2D eigenvalue weighted by molar-refractivity contribution is -0.385. The minimum atomic E-state index is -0.801. The van der Waals surface area contributed by atoms with Crippen molar-refractivity contribution in [1.29, 1.82) is 0 Å². The largest absolute Gasteiger partial charge is 0.337 e. The standard InChI is InChI=1S/C20H20ClFN4O4/c1-13-17(22)10-14(11-18(13)26(29)30)19(27)24-6-3-7-25(9-8-24)20(28)23-16-5-2-4-15(21)12-16/h2,4-5,10-12H,3,6-9H2,1H3,(H,23,28). The molecule has 158 valence electrons. The van der Waals surface area contributed by atoms with Gasteiger partial charge >= 0.3 is 6.03 Å². The van der Waals surface area contributed by atoms with Gasteiger partial charge in [-0.15, -0.1) is 0 Å². The monoisotopic (exact) mass is 434 g/mol. The van der Waals surface area contributed by atoms with E-state index in [1.54, 1.807) is 29.2 Å². The highest BCUT2D eigenvalue weighted by Crippen LogP contribution is 2.24. The zero-order valence-corrected chi connectivity index (χ0v) is 17.0. The summed E-state index contributed by atoms with van der Waals surface area (Å²) in [7, 11) is 0. The van der Waals surface area contributed by atoms with Crippen LogP contribution in [0, 0.1) is 22.9 Å². The van der Waals surface area contributed by atoms with Crippen LogP contribution >= 0.6 is 11.6 Å². The number of urea groups is 1. The Hall–Kier alpha value is -3.20. The molecule has 0 spiro atoms. The zero-order valence-electron chi connectivity index (χ0n) is 16.2. The number of amides is 3. The highest BCUT2D eigenvalue weighted by molar-refractivity contribution is 6.30. The maximum Gasteiger partial charge on any atom is 0.321 e. The van der Waals surface area contributed by atoms with Crippen LogP contribution < -0.4 is 5.32 Å². The van der Waals surface area contributed by atoms with Gasteiger partial charge in [0.2, 0.25) is 0 Å². The second-order valence-corrected chi connectivity index (χ2v) is 7.37. The van der Waals surface area contributed by atoms with Crippen LogP contribution in [0.25, 0.3) is 0 Å². The third-order valence-corrected chi connectivity index (χ3v) is 5.14. The van der Waals surface area contributed by atoms with Crippen molar-refractivity contribution in [3.63, 3.8) is 0 Å². The molecule has 1 heterocycles. The molecule has 10 heteroatoms. The van der Waals surface area contributed by atoms with Crippen molar-refractivity contribution >= 4 is 34.9 Å². The smallest absolute Gasteiger partial charge is 0.321 e. The average Bonchev–Trinajstić information content (AvgIpc) is 2.95. The molecule has 8 nitrogen and oxygen atoms in total. The Morgan fingerprint density at radius 1 is 1.13 bits per heavy atom. The number of halogens is 2. The van der Waals surface area contributed by atoms with Crippen molar-refractivity contribution in [1.82, 2.24) is 9.80 Å². The highest BCUT2D eigenvalue weighted by Gasteiger charge is 2.26. The molecule has 0 saturated carbocycles. The summed E-state index contributed by atoms with van der Waals surface area (Å²) in [5.74, 6) is -1.31. The molecule has 2 aromatic carbocycles. The molecule has 0 bridgehead atoms. The van der Waals surface area contributed by atoms with E-state index in [1.165, 1.54) is 11.8 Å². The SMILES string of the molecule is Cc1c(F)cc(C(=O)N2CCCN(C(=O)Nc3cccc(Cl)c3)CC2)cc1[N+](=O)[O-]. The van der Waals surface area contributed by atoms with Gasteiger partial charge in [0.1, 0.15) is 5.82 Å².